The Morgan fingerprint density at radius 1 is 1.09 bits per heavy atom. The van der Waals surface area contributed by atoms with E-state index in [0.29, 0.717) is 10.2 Å². The summed E-state index contributed by atoms with van der Waals surface area (Å²) in [4.78, 5) is 36.5. The van der Waals surface area contributed by atoms with Crippen LogP contribution in [-0.2, 0) is 14.3 Å². The second-order valence-corrected chi connectivity index (χ2v) is 7.54. The number of carbonyl (C=O) groups is 3. The molecule has 1 N–H and O–H groups in total. The van der Waals surface area contributed by atoms with E-state index < -0.39 is 24.5 Å². The van der Waals surface area contributed by atoms with Gasteiger partial charge in [-0.1, -0.05) is 29.8 Å². The Balaban J connectivity index is 2.39. The Labute approximate surface area is 195 Å². The highest BCUT2D eigenvalue weighted by Crippen LogP contribution is 2.41. The zero-order chi connectivity index (χ0) is 23.4. The number of carboxylic acids is 1. The summed E-state index contributed by atoms with van der Waals surface area (Å²) in [6.07, 6.45) is 0. The quantitative estimate of drug-likeness (QED) is 0.462. The van der Waals surface area contributed by atoms with Crippen LogP contribution in [-0.4, -0.2) is 53.6 Å². The van der Waals surface area contributed by atoms with Gasteiger partial charge in [0, 0.05) is 10.6 Å². The van der Waals surface area contributed by atoms with E-state index in [4.69, 9.17) is 30.9 Å². The molecular formula is C21H16BrClN2O7. The number of esters is 2. The molecule has 0 saturated carbocycles. The van der Waals surface area contributed by atoms with Crippen molar-refractivity contribution in [1.82, 2.24) is 9.78 Å². The molecule has 0 aliphatic heterocycles. The van der Waals surface area contributed by atoms with Crippen molar-refractivity contribution in [2.45, 2.75) is 0 Å². The van der Waals surface area contributed by atoms with Gasteiger partial charge in [0.2, 0.25) is 0 Å². The van der Waals surface area contributed by atoms with E-state index in [0.717, 1.165) is 7.11 Å². The molecule has 0 bridgehead atoms. The Hall–Kier alpha value is -3.37. The number of aliphatic carboxylic acids is 1. The van der Waals surface area contributed by atoms with Crippen molar-refractivity contribution in [3.8, 4) is 22.7 Å². The minimum Gasteiger partial charge on any atom is -0.480 e. The number of carboxylic acid groups (broad SMARTS) is 1. The molecule has 0 aliphatic rings. The molecule has 32 heavy (non-hydrogen) atoms. The van der Waals surface area contributed by atoms with Crippen LogP contribution in [0.2, 0.25) is 5.02 Å². The Kier molecular flexibility index (Phi) is 7.16. The highest BCUT2D eigenvalue weighted by Gasteiger charge is 2.33. The lowest BCUT2D eigenvalue weighted by molar-refractivity contribution is -0.139. The number of halogens is 2. The number of hydrogen-bond acceptors (Lipinski definition) is 7. The number of benzene rings is 2. The van der Waals surface area contributed by atoms with Crippen LogP contribution in [0, 0.1) is 0 Å². The molecule has 0 amide bonds. The lowest BCUT2D eigenvalue weighted by atomic mass is 10.0. The lowest BCUT2D eigenvalue weighted by Crippen LogP contribution is -2.15. The van der Waals surface area contributed by atoms with Crippen molar-refractivity contribution in [2.24, 2.45) is 0 Å². The van der Waals surface area contributed by atoms with Gasteiger partial charge < -0.3 is 19.3 Å². The summed E-state index contributed by atoms with van der Waals surface area (Å²) in [6.45, 7) is -0.663. The van der Waals surface area contributed by atoms with Crippen LogP contribution in [0.3, 0.4) is 0 Å². The standard InChI is InChI=1S/C21H16BrClN2O7/c1-30-20(28)16-17(13-8-11(23)9-14(22)19(13)32-10-15(26)27)24-25(18(16)21(29)31-2)12-6-4-3-5-7-12/h3-9H,10H2,1-2H3,(H,26,27). The number of rotatable bonds is 7. The molecular weight excluding hydrogens is 508 g/mol. The molecule has 2 aromatic carbocycles. The van der Waals surface area contributed by atoms with Crippen LogP contribution in [0.5, 0.6) is 5.75 Å². The molecule has 0 spiro atoms. The van der Waals surface area contributed by atoms with Crippen LogP contribution < -0.4 is 4.74 Å². The van der Waals surface area contributed by atoms with Crippen molar-refractivity contribution in [2.75, 3.05) is 20.8 Å². The van der Waals surface area contributed by atoms with Crippen LogP contribution in [0.15, 0.2) is 46.9 Å². The van der Waals surface area contributed by atoms with Crippen molar-refractivity contribution < 1.29 is 33.7 Å². The monoisotopic (exact) mass is 522 g/mol. The molecule has 3 aromatic rings. The fraction of sp³-hybridized carbons (Fsp3) is 0.143. The maximum Gasteiger partial charge on any atom is 0.357 e. The van der Waals surface area contributed by atoms with Crippen LogP contribution in [0.1, 0.15) is 20.8 Å². The average Bonchev–Trinajstić information content (AvgIpc) is 3.18. The molecule has 1 heterocycles. The first-order valence-corrected chi connectivity index (χ1v) is 10.1. The number of para-hydroxylation sites is 1. The molecule has 1 aromatic heterocycles. The normalized spacial score (nSPS) is 10.5. The van der Waals surface area contributed by atoms with E-state index in [2.05, 4.69) is 21.0 Å². The zero-order valence-corrected chi connectivity index (χ0v) is 19.1. The van der Waals surface area contributed by atoms with E-state index in [-0.39, 0.29) is 33.3 Å². The second-order valence-electron chi connectivity index (χ2n) is 6.25. The number of aromatic nitrogens is 2. The summed E-state index contributed by atoms with van der Waals surface area (Å²) in [5.41, 5.74) is 0.257. The first-order chi connectivity index (χ1) is 15.3. The molecule has 0 aliphatic carbocycles. The van der Waals surface area contributed by atoms with Crippen LogP contribution in [0.25, 0.3) is 16.9 Å². The van der Waals surface area contributed by atoms with E-state index >= 15 is 0 Å². The summed E-state index contributed by atoms with van der Waals surface area (Å²) in [5, 5.41) is 13.8. The van der Waals surface area contributed by atoms with Crippen molar-refractivity contribution in [3.63, 3.8) is 0 Å². The number of hydrogen-bond donors (Lipinski definition) is 1. The molecule has 0 unspecified atom stereocenters. The van der Waals surface area contributed by atoms with Crippen molar-refractivity contribution in [1.29, 1.82) is 0 Å². The predicted molar refractivity (Wildman–Crippen MR) is 118 cm³/mol. The third-order valence-electron chi connectivity index (χ3n) is 4.26. The topological polar surface area (TPSA) is 117 Å². The molecule has 11 heteroatoms. The van der Waals surface area contributed by atoms with E-state index in [9.17, 15) is 14.4 Å². The van der Waals surface area contributed by atoms with E-state index in [1.165, 1.54) is 23.9 Å². The summed E-state index contributed by atoms with van der Waals surface area (Å²) in [5.74, 6) is -2.84. The van der Waals surface area contributed by atoms with Crippen molar-refractivity contribution >= 4 is 45.4 Å². The number of nitrogens with zero attached hydrogens (tertiary/aromatic N) is 2. The maximum absolute atomic E-state index is 12.8. The molecule has 9 nitrogen and oxygen atoms in total. The average molecular weight is 524 g/mol. The van der Waals surface area contributed by atoms with Gasteiger partial charge in [0.15, 0.2) is 12.3 Å². The second kappa shape index (κ2) is 9.84. The number of carbonyl (C=O) groups excluding carboxylic acids is 2. The summed E-state index contributed by atoms with van der Waals surface area (Å²) >= 11 is 9.50. The van der Waals surface area contributed by atoms with Gasteiger partial charge >= 0.3 is 17.9 Å². The molecule has 3 rings (SSSR count). The molecule has 0 saturated heterocycles. The van der Waals surface area contributed by atoms with Gasteiger partial charge in [0.05, 0.1) is 24.4 Å². The summed E-state index contributed by atoms with van der Waals surface area (Å²) < 4.78 is 16.8. The van der Waals surface area contributed by atoms with E-state index in [1.807, 2.05) is 0 Å². The van der Waals surface area contributed by atoms with Gasteiger partial charge in [-0.3, -0.25) is 0 Å². The fourth-order valence-corrected chi connectivity index (χ4v) is 3.88. The molecule has 0 fully saturated rings. The van der Waals surface area contributed by atoms with E-state index in [1.54, 1.807) is 30.3 Å². The SMILES string of the molecule is COC(=O)c1c(-c2cc(Cl)cc(Br)c2OCC(=O)O)nn(-c2ccccc2)c1C(=O)OC. The zero-order valence-electron chi connectivity index (χ0n) is 16.8. The van der Waals surface area contributed by atoms with Gasteiger partial charge in [-0.25, -0.2) is 19.1 Å². The van der Waals surface area contributed by atoms with Crippen LogP contribution >= 0.6 is 27.5 Å². The van der Waals surface area contributed by atoms with Gasteiger partial charge in [-0.2, -0.15) is 5.10 Å². The smallest absolute Gasteiger partial charge is 0.357 e. The van der Waals surface area contributed by atoms with Crippen molar-refractivity contribution in [3.05, 3.63) is 63.2 Å². The Morgan fingerprint density at radius 2 is 1.75 bits per heavy atom. The largest absolute Gasteiger partial charge is 0.480 e. The number of methoxy groups -OCH3 is 2. The summed E-state index contributed by atoms with van der Waals surface area (Å²) in [6, 6.07) is 11.5. The number of ether oxygens (including phenoxy) is 3. The molecule has 166 valence electrons. The van der Waals surface area contributed by atoms with Gasteiger partial charge in [-0.05, 0) is 40.2 Å². The first kappa shape index (κ1) is 23.3. The minimum atomic E-state index is -1.21. The lowest BCUT2D eigenvalue weighted by Gasteiger charge is -2.12. The highest BCUT2D eigenvalue weighted by molar-refractivity contribution is 9.10. The Morgan fingerprint density at radius 3 is 2.34 bits per heavy atom. The summed E-state index contributed by atoms with van der Waals surface area (Å²) in [7, 11) is 2.32. The first-order valence-electron chi connectivity index (χ1n) is 8.97. The maximum atomic E-state index is 12.8. The fourth-order valence-electron chi connectivity index (χ4n) is 2.96. The van der Waals surface area contributed by atoms with Gasteiger partial charge in [0.25, 0.3) is 0 Å². The van der Waals surface area contributed by atoms with Gasteiger partial charge in [0.1, 0.15) is 17.0 Å². The third kappa shape index (κ3) is 4.61. The molecule has 0 radical (unpaired) electrons. The molecule has 0 atom stereocenters. The predicted octanol–water partition coefficient (Wildman–Crippen LogP) is 3.99. The van der Waals surface area contributed by atoms with Gasteiger partial charge in [-0.15, -0.1) is 0 Å². The Bertz CT molecular complexity index is 1190. The third-order valence-corrected chi connectivity index (χ3v) is 5.07. The van der Waals surface area contributed by atoms with Crippen LogP contribution in [0.4, 0.5) is 0 Å². The highest BCUT2D eigenvalue weighted by atomic mass is 79.9. The minimum absolute atomic E-state index is 0.00954.